The second kappa shape index (κ2) is 13.5. The summed E-state index contributed by atoms with van der Waals surface area (Å²) in [6.45, 7) is 15.5. The van der Waals surface area contributed by atoms with E-state index in [9.17, 15) is 9.59 Å². The monoisotopic (exact) mass is 595 g/mol. The van der Waals surface area contributed by atoms with E-state index in [1.54, 1.807) is 4.90 Å². The number of carbonyl (C=O) groups is 2. The summed E-state index contributed by atoms with van der Waals surface area (Å²) in [5, 5.41) is 0.743. The summed E-state index contributed by atoms with van der Waals surface area (Å²) in [5.41, 5.74) is 5.22. The fourth-order valence-electron chi connectivity index (χ4n) is 6.03. The molecule has 1 aliphatic heterocycles. The molecule has 1 heterocycles. The van der Waals surface area contributed by atoms with E-state index in [1.165, 1.54) is 16.7 Å². The smallest absolute Gasteiger partial charge is 0.410 e. The number of anilines is 1. The van der Waals surface area contributed by atoms with Crippen molar-refractivity contribution >= 4 is 34.9 Å². The topological polar surface area (TPSA) is 62.3 Å². The van der Waals surface area contributed by atoms with Crippen molar-refractivity contribution in [3.8, 4) is 0 Å². The van der Waals surface area contributed by atoms with Crippen LogP contribution < -0.4 is 4.90 Å². The molecule has 0 saturated carbocycles. The van der Waals surface area contributed by atoms with Crippen LogP contribution in [0.5, 0.6) is 0 Å². The highest BCUT2D eigenvalue weighted by Gasteiger charge is 2.35. The zero-order valence-electron chi connectivity index (χ0n) is 26.0. The first-order chi connectivity index (χ1) is 19.9. The Hall–Kier alpha value is -3.03. The van der Waals surface area contributed by atoms with Crippen LogP contribution in [0.2, 0.25) is 5.02 Å². The average molecular weight is 596 g/mol. The Morgan fingerprint density at radius 2 is 1.64 bits per heavy atom. The van der Waals surface area contributed by atoms with Crippen molar-refractivity contribution in [2.75, 3.05) is 57.8 Å². The van der Waals surface area contributed by atoms with Gasteiger partial charge in [0.1, 0.15) is 5.60 Å². The Morgan fingerprint density at radius 3 is 2.24 bits per heavy atom. The zero-order valence-corrected chi connectivity index (χ0v) is 26.8. The molecular formula is C34H46ClN3O4. The number of rotatable bonds is 8. The quantitative estimate of drug-likeness (QED) is 0.302. The number of ether oxygens (including phenoxy) is 2. The lowest BCUT2D eigenvalue weighted by molar-refractivity contribution is 0.0216. The second-order valence-corrected chi connectivity index (χ2v) is 13.4. The molecule has 2 aromatic carbocycles. The maximum absolute atomic E-state index is 12.8. The Labute approximate surface area is 256 Å². The van der Waals surface area contributed by atoms with Gasteiger partial charge in [0.25, 0.3) is 0 Å². The van der Waals surface area contributed by atoms with Gasteiger partial charge in [-0.2, -0.15) is 0 Å². The van der Waals surface area contributed by atoms with Crippen LogP contribution in [0.1, 0.15) is 69.8 Å². The number of carbonyl (C=O) groups excluding carboxylic acids is 2. The van der Waals surface area contributed by atoms with Crippen LogP contribution in [0.15, 0.2) is 54.1 Å². The van der Waals surface area contributed by atoms with Gasteiger partial charge in [0.2, 0.25) is 0 Å². The maximum Gasteiger partial charge on any atom is 0.410 e. The number of hydrogen-bond acceptors (Lipinski definition) is 6. The minimum atomic E-state index is -0.517. The van der Waals surface area contributed by atoms with Crippen molar-refractivity contribution in [1.82, 2.24) is 9.80 Å². The lowest BCUT2D eigenvalue weighted by atomic mass is 9.71. The van der Waals surface area contributed by atoms with E-state index in [4.69, 9.17) is 21.1 Å². The average Bonchev–Trinajstić information content (AvgIpc) is 2.93. The number of amides is 1. The van der Waals surface area contributed by atoms with Crippen LogP contribution in [-0.4, -0.2) is 80.4 Å². The standard InChI is InChI=1S/C34H46ClN3O4/c1-7-41-31(39)26-10-14-29(15-11-26)38-20-18-37(19-21-38)23-27-22-34(5,24-36(6)32(40)42-33(2,3)4)17-16-30(27)25-8-12-28(35)13-9-25/h8-15H,7,16-24H2,1-6H3/t34-/m0/s1. The van der Waals surface area contributed by atoms with Gasteiger partial charge in [-0.25, -0.2) is 9.59 Å². The summed E-state index contributed by atoms with van der Waals surface area (Å²) in [5.74, 6) is -0.282. The number of nitrogens with zero attached hydrogens (tertiary/aromatic N) is 3. The molecule has 2 aliphatic rings. The van der Waals surface area contributed by atoms with Crippen molar-refractivity contribution in [1.29, 1.82) is 0 Å². The van der Waals surface area contributed by atoms with Crippen LogP contribution in [0, 0.1) is 5.41 Å². The number of allylic oxidation sites excluding steroid dienone is 1. The normalized spacial score (nSPS) is 19.9. The van der Waals surface area contributed by atoms with Crippen LogP contribution >= 0.6 is 11.6 Å². The Balaban J connectivity index is 1.45. The first-order valence-electron chi connectivity index (χ1n) is 15.0. The molecule has 0 unspecified atom stereocenters. The molecular weight excluding hydrogens is 550 g/mol. The lowest BCUT2D eigenvalue weighted by Crippen LogP contribution is -2.47. The third-order valence-electron chi connectivity index (χ3n) is 8.09. The Kier molecular flexibility index (Phi) is 10.3. The van der Waals surface area contributed by atoms with Gasteiger partial charge >= 0.3 is 12.1 Å². The van der Waals surface area contributed by atoms with E-state index in [1.807, 2.05) is 71.1 Å². The second-order valence-electron chi connectivity index (χ2n) is 12.9. The molecule has 1 atom stereocenters. The molecule has 1 aliphatic carbocycles. The summed E-state index contributed by atoms with van der Waals surface area (Å²) in [4.78, 5) is 31.4. The lowest BCUT2D eigenvalue weighted by Gasteiger charge is -2.42. The van der Waals surface area contributed by atoms with E-state index in [2.05, 4.69) is 28.9 Å². The van der Waals surface area contributed by atoms with Crippen LogP contribution in [-0.2, 0) is 9.47 Å². The molecule has 0 spiro atoms. The highest BCUT2D eigenvalue weighted by atomic mass is 35.5. The van der Waals surface area contributed by atoms with Gasteiger partial charge in [-0.1, -0.05) is 36.2 Å². The first kappa shape index (κ1) is 31.9. The van der Waals surface area contributed by atoms with E-state index in [0.717, 1.165) is 62.7 Å². The van der Waals surface area contributed by atoms with Gasteiger partial charge in [-0.3, -0.25) is 4.90 Å². The Bertz CT molecular complexity index is 1260. The van der Waals surface area contributed by atoms with Gasteiger partial charge in [-0.05, 0) is 99.9 Å². The number of hydrogen-bond donors (Lipinski definition) is 0. The molecule has 1 fully saturated rings. The molecule has 0 bridgehead atoms. The fourth-order valence-corrected chi connectivity index (χ4v) is 6.16. The summed E-state index contributed by atoms with van der Waals surface area (Å²) < 4.78 is 10.8. The summed E-state index contributed by atoms with van der Waals surface area (Å²) in [6, 6.07) is 15.9. The van der Waals surface area contributed by atoms with Crippen molar-refractivity contribution in [2.45, 2.75) is 59.5 Å². The highest BCUT2D eigenvalue weighted by molar-refractivity contribution is 6.30. The molecule has 0 radical (unpaired) electrons. The number of esters is 1. The first-order valence-corrected chi connectivity index (χ1v) is 15.4. The fraction of sp³-hybridized carbons (Fsp3) is 0.529. The molecule has 1 amide bonds. The van der Waals surface area contributed by atoms with Gasteiger partial charge in [0.05, 0.1) is 12.2 Å². The predicted molar refractivity (Wildman–Crippen MR) is 170 cm³/mol. The summed E-state index contributed by atoms with van der Waals surface area (Å²) in [6.07, 6.45) is 2.61. The largest absolute Gasteiger partial charge is 0.462 e. The molecule has 2 aromatic rings. The maximum atomic E-state index is 12.8. The van der Waals surface area contributed by atoms with Crippen molar-refractivity contribution in [2.24, 2.45) is 5.41 Å². The molecule has 42 heavy (non-hydrogen) atoms. The molecule has 0 aromatic heterocycles. The minimum absolute atomic E-state index is 0.0423. The molecule has 1 saturated heterocycles. The van der Waals surface area contributed by atoms with E-state index >= 15 is 0 Å². The van der Waals surface area contributed by atoms with E-state index in [-0.39, 0.29) is 17.5 Å². The molecule has 7 nitrogen and oxygen atoms in total. The van der Waals surface area contributed by atoms with Crippen LogP contribution in [0.4, 0.5) is 10.5 Å². The number of halogens is 1. The SMILES string of the molecule is CCOC(=O)c1ccc(N2CCN(CC3=C(c4ccc(Cl)cc4)CC[C@](C)(CN(C)C(=O)OC(C)(C)C)C3)CC2)cc1. The van der Waals surface area contributed by atoms with E-state index in [0.29, 0.717) is 18.7 Å². The van der Waals surface area contributed by atoms with Crippen molar-refractivity contribution in [3.63, 3.8) is 0 Å². The van der Waals surface area contributed by atoms with Crippen LogP contribution in [0.3, 0.4) is 0 Å². The summed E-state index contributed by atoms with van der Waals surface area (Å²) >= 11 is 6.22. The predicted octanol–water partition coefficient (Wildman–Crippen LogP) is 7.15. The number of piperazine rings is 1. The van der Waals surface area contributed by atoms with Gasteiger partial charge in [0.15, 0.2) is 0 Å². The number of benzene rings is 2. The van der Waals surface area contributed by atoms with E-state index < -0.39 is 5.60 Å². The molecule has 8 heteroatoms. The molecule has 4 rings (SSSR count). The Morgan fingerprint density at radius 1 is 1.00 bits per heavy atom. The van der Waals surface area contributed by atoms with Gasteiger partial charge < -0.3 is 19.3 Å². The van der Waals surface area contributed by atoms with Gasteiger partial charge in [0, 0.05) is 57.0 Å². The third-order valence-corrected chi connectivity index (χ3v) is 8.34. The molecule has 228 valence electrons. The van der Waals surface area contributed by atoms with Crippen molar-refractivity contribution in [3.05, 3.63) is 70.3 Å². The third kappa shape index (κ3) is 8.51. The highest BCUT2D eigenvalue weighted by Crippen LogP contribution is 2.44. The van der Waals surface area contributed by atoms with Crippen LogP contribution in [0.25, 0.3) is 5.57 Å². The van der Waals surface area contributed by atoms with Gasteiger partial charge in [-0.15, -0.1) is 0 Å². The molecule has 0 N–H and O–H groups in total. The minimum Gasteiger partial charge on any atom is -0.462 e. The van der Waals surface area contributed by atoms with Crippen molar-refractivity contribution < 1.29 is 19.1 Å². The zero-order chi connectivity index (χ0) is 30.5. The summed E-state index contributed by atoms with van der Waals surface area (Å²) in [7, 11) is 1.84.